The molecule has 1 saturated heterocycles. The minimum absolute atomic E-state index is 0.0410. The summed E-state index contributed by atoms with van der Waals surface area (Å²) in [6.45, 7) is 4.17. The van der Waals surface area contributed by atoms with E-state index < -0.39 is 0 Å². The number of H-pyrrole nitrogens is 1. The second kappa shape index (κ2) is 9.19. The second-order valence-electron chi connectivity index (χ2n) is 8.30. The van der Waals surface area contributed by atoms with E-state index in [0.717, 1.165) is 40.0 Å². The molecule has 0 unspecified atom stereocenters. The van der Waals surface area contributed by atoms with E-state index in [1.165, 1.54) is 5.56 Å². The molecule has 0 aliphatic carbocycles. The summed E-state index contributed by atoms with van der Waals surface area (Å²) in [4.78, 5) is 10.2. The van der Waals surface area contributed by atoms with Gasteiger partial charge in [0, 0.05) is 23.3 Å². The summed E-state index contributed by atoms with van der Waals surface area (Å²) in [6, 6.07) is 23.6. The van der Waals surface area contributed by atoms with Gasteiger partial charge in [0.15, 0.2) is 5.11 Å². The van der Waals surface area contributed by atoms with E-state index >= 15 is 0 Å². The van der Waals surface area contributed by atoms with E-state index in [9.17, 15) is 0 Å². The van der Waals surface area contributed by atoms with E-state index in [2.05, 4.69) is 40.1 Å². The number of aryl methyl sites for hydroxylation is 2. The second-order valence-corrected chi connectivity index (χ2v) is 8.69. The summed E-state index contributed by atoms with van der Waals surface area (Å²) in [6.07, 6.45) is 1.82. The van der Waals surface area contributed by atoms with Crippen LogP contribution in [0.25, 0.3) is 0 Å². The summed E-state index contributed by atoms with van der Waals surface area (Å²) in [5.41, 5.74) is 5.38. The highest BCUT2D eigenvalue weighted by Gasteiger charge is 2.41. The van der Waals surface area contributed by atoms with Crippen LogP contribution in [0.5, 0.6) is 17.2 Å². The van der Waals surface area contributed by atoms with Crippen molar-refractivity contribution in [2.75, 3.05) is 12.0 Å². The monoisotopic (exact) mass is 470 g/mol. The van der Waals surface area contributed by atoms with Crippen molar-refractivity contribution >= 4 is 23.0 Å². The van der Waals surface area contributed by atoms with E-state index in [1.807, 2.05) is 72.9 Å². The van der Waals surface area contributed by atoms with Gasteiger partial charge in [-0.15, -0.1) is 0 Å². The number of aromatic nitrogens is 2. The third-order valence-electron chi connectivity index (χ3n) is 6.02. The van der Waals surface area contributed by atoms with Crippen molar-refractivity contribution in [1.82, 2.24) is 15.3 Å². The molecule has 0 amide bonds. The highest BCUT2D eigenvalue weighted by Crippen LogP contribution is 2.43. The predicted octanol–water partition coefficient (Wildman–Crippen LogP) is 6.00. The largest absolute Gasteiger partial charge is 0.497 e. The Balaban J connectivity index is 1.46. The molecule has 1 aliphatic heterocycles. The third-order valence-corrected chi connectivity index (χ3v) is 6.33. The topological polar surface area (TPSA) is 62.4 Å². The van der Waals surface area contributed by atoms with Crippen LogP contribution in [-0.2, 0) is 0 Å². The Kier molecular flexibility index (Phi) is 5.94. The minimum Gasteiger partial charge on any atom is -0.497 e. The fraction of sp³-hybridized carbons (Fsp3) is 0.185. The standard InChI is InChI=1S/C27H26N4O2S/c1-17-16-23(18(2)29-17)26-25(24-6-4-5-15-28-24)30-27(34)31(26)19-7-9-21(10-8-19)33-22-13-11-20(32-3)12-14-22/h4-16,25-26,29H,1-3H3,(H,30,34)/t25-,26+/m0/s1. The summed E-state index contributed by atoms with van der Waals surface area (Å²) in [7, 11) is 1.65. The maximum atomic E-state index is 6.01. The van der Waals surface area contributed by atoms with Crippen LogP contribution in [0.1, 0.15) is 34.7 Å². The lowest BCUT2D eigenvalue weighted by molar-refractivity contribution is 0.413. The van der Waals surface area contributed by atoms with Crippen LogP contribution in [0.15, 0.2) is 79.0 Å². The lowest BCUT2D eigenvalue weighted by atomic mass is 9.96. The lowest BCUT2D eigenvalue weighted by Crippen LogP contribution is -2.29. The number of hydrogen-bond acceptors (Lipinski definition) is 4. The summed E-state index contributed by atoms with van der Waals surface area (Å²) in [5.74, 6) is 2.29. The number of nitrogens with zero attached hydrogens (tertiary/aromatic N) is 2. The zero-order valence-corrected chi connectivity index (χ0v) is 20.1. The van der Waals surface area contributed by atoms with Gasteiger partial charge in [-0.2, -0.15) is 0 Å². The Morgan fingerprint density at radius 2 is 1.59 bits per heavy atom. The molecule has 2 atom stereocenters. The first-order valence-electron chi connectivity index (χ1n) is 11.1. The molecule has 34 heavy (non-hydrogen) atoms. The smallest absolute Gasteiger partial charge is 0.174 e. The average molecular weight is 471 g/mol. The van der Waals surface area contributed by atoms with Crippen molar-refractivity contribution in [3.63, 3.8) is 0 Å². The average Bonchev–Trinajstić information content (AvgIpc) is 3.38. The molecule has 2 aromatic heterocycles. The van der Waals surface area contributed by atoms with Crippen LogP contribution >= 0.6 is 12.2 Å². The number of nitrogens with one attached hydrogen (secondary N) is 2. The number of pyridine rings is 1. The quantitative estimate of drug-likeness (QED) is 0.337. The van der Waals surface area contributed by atoms with Crippen molar-refractivity contribution in [3.8, 4) is 17.2 Å². The Labute approximate surface area is 204 Å². The molecule has 0 radical (unpaired) electrons. The normalized spacial score (nSPS) is 17.5. The number of aromatic amines is 1. The fourth-order valence-electron chi connectivity index (χ4n) is 4.46. The molecule has 6 nitrogen and oxygen atoms in total. The van der Waals surface area contributed by atoms with Gasteiger partial charge in [-0.25, -0.2) is 0 Å². The van der Waals surface area contributed by atoms with Crippen LogP contribution in [0, 0.1) is 13.8 Å². The highest BCUT2D eigenvalue weighted by molar-refractivity contribution is 7.80. The molecule has 2 N–H and O–H groups in total. The maximum Gasteiger partial charge on any atom is 0.174 e. The van der Waals surface area contributed by atoms with Crippen molar-refractivity contribution in [2.45, 2.75) is 25.9 Å². The molecule has 4 aromatic rings. The van der Waals surface area contributed by atoms with E-state index in [-0.39, 0.29) is 12.1 Å². The van der Waals surface area contributed by atoms with Crippen LogP contribution in [0.3, 0.4) is 0 Å². The highest BCUT2D eigenvalue weighted by atomic mass is 32.1. The maximum absolute atomic E-state index is 6.01. The van der Waals surface area contributed by atoms with Crippen molar-refractivity contribution in [1.29, 1.82) is 0 Å². The Morgan fingerprint density at radius 1 is 0.912 bits per heavy atom. The summed E-state index contributed by atoms with van der Waals surface area (Å²) in [5, 5.41) is 4.18. The predicted molar refractivity (Wildman–Crippen MR) is 138 cm³/mol. The Morgan fingerprint density at radius 3 is 2.18 bits per heavy atom. The Hall–Kier alpha value is -3.84. The van der Waals surface area contributed by atoms with Crippen LogP contribution < -0.4 is 19.7 Å². The van der Waals surface area contributed by atoms with Crippen molar-refractivity contribution in [2.24, 2.45) is 0 Å². The molecule has 0 spiro atoms. The molecule has 0 bridgehead atoms. The number of ether oxygens (including phenoxy) is 2. The van der Waals surface area contributed by atoms with Crippen LogP contribution in [0.4, 0.5) is 5.69 Å². The van der Waals surface area contributed by atoms with Crippen molar-refractivity contribution < 1.29 is 9.47 Å². The number of anilines is 1. The van der Waals surface area contributed by atoms with E-state index in [0.29, 0.717) is 5.11 Å². The van der Waals surface area contributed by atoms with Gasteiger partial charge in [-0.05, 0) is 98.4 Å². The zero-order chi connectivity index (χ0) is 23.7. The summed E-state index contributed by atoms with van der Waals surface area (Å²) < 4.78 is 11.2. The van der Waals surface area contributed by atoms with Gasteiger partial charge in [0.05, 0.1) is 24.9 Å². The third kappa shape index (κ3) is 4.22. The molecule has 1 fully saturated rings. The van der Waals surface area contributed by atoms with E-state index in [1.54, 1.807) is 7.11 Å². The van der Waals surface area contributed by atoms with Crippen molar-refractivity contribution in [3.05, 3.63) is 102 Å². The minimum atomic E-state index is -0.0715. The van der Waals surface area contributed by atoms with Gasteiger partial charge in [0.1, 0.15) is 17.2 Å². The SMILES string of the molecule is COc1ccc(Oc2ccc(N3C(=S)N[C@@H](c4ccccn4)[C@H]3c3cc(C)[nH]c3C)cc2)cc1. The number of thiocarbonyl (C=S) groups is 1. The molecule has 0 saturated carbocycles. The Bertz CT molecular complexity index is 1290. The molecule has 172 valence electrons. The number of hydrogen-bond donors (Lipinski definition) is 2. The summed E-state index contributed by atoms with van der Waals surface area (Å²) >= 11 is 5.82. The molecule has 3 heterocycles. The van der Waals surface area contributed by atoms with E-state index in [4.69, 9.17) is 21.7 Å². The van der Waals surface area contributed by atoms with Gasteiger partial charge >= 0.3 is 0 Å². The van der Waals surface area contributed by atoms with Crippen LogP contribution in [-0.4, -0.2) is 22.2 Å². The van der Waals surface area contributed by atoms with Crippen LogP contribution in [0.2, 0.25) is 0 Å². The molecule has 2 aromatic carbocycles. The molecule has 7 heteroatoms. The zero-order valence-electron chi connectivity index (χ0n) is 19.3. The van der Waals surface area contributed by atoms with Gasteiger partial charge in [0.25, 0.3) is 0 Å². The van der Waals surface area contributed by atoms with Gasteiger partial charge in [0.2, 0.25) is 0 Å². The van der Waals surface area contributed by atoms with Gasteiger partial charge in [-0.3, -0.25) is 4.98 Å². The molecule has 1 aliphatic rings. The number of methoxy groups -OCH3 is 1. The molecule has 5 rings (SSSR count). The first kappa shape index (κ1) is 22.0. The lowest BCUT2D eigenvalue weighted by Gasteiger charge is -2.28. The first-order valence-corrected chi connectivity index (χ1v) is 11.5. The molecular formula is C27H26N4O2S. The van der Waals surface area contributed by atoms with Gasteiger partial charge < -0.3 is 24.7 Å². The molecular weight excluding hydrogens is 444 g/mol. The number of benzene rings is 2. The first-order chi connectivity index (χ1) is 16.5. The van der Waals surface area contributed by atoms with Gasteiger partial charge in [-0.1, -0.05) is 6.07 Å². The fourth-order valence-corrected chi connectivity index (χ4v) is 4.80. The number of rotatable bonds is 6.